The second-order valence-corrected chi connectivity index (χ2v) is 5.95. The van der Waals surface area contributed by atoms with Crippen molar-refractivity contribution in [1.82, 2.24) is 0 Å². The SMILES string of the molecule is O=C(O)[C@H]1Nc2c(Cl)cc(Cl)c(Cl)c2[C@H]2C=CC[C@@H]12. The predicted molar refractivity (Wildman–Crippen MR) is 76.5 cm³/mol. The Hall–Kier alpha value is -0.900. The molecule has 0 fully saturated rings. The molecule has 1 aromatic carbocycles. The minimum atomic E-state index is -0.883. The molecule has 0 spiro atoms. The fraction of sp³-hybridized carbons (Fsp3) is 0.308. The molecule has 0 unspecified atom stereocenters. The second kappa shape index (κ2) is 4.58. The third-order valence-corrected chi connectivity index (χ3v) is 4.85. The maximum Gasteiger partial charge on any atom is 0.326 e. The number of halogens is 3. The van der Waals surface area contributed by atoms with Gasteiger partial charge < -0.3 is 10.4 Å². The summed E-state index contributed by atoms with van der Waals surface area (Å²) >= 11 is 18.5. The van der Waals surface area contributed by atoms with Crippen LogP contribution in [0.2, 0.25) is 15.1 Å². The van der Waals surface area contributed by atoms with E-state index in [1.807, 2.05) is 12.2 Å². The summed E-state index contributed by atoms with van der Waals surface area (Å²) in [5.41, 5.74) is 1.38. The molecule has 1 aliphatic heterocycles. The summed E-state index contributed by atoms with van der Waals surface area (Å²) in [6.07, 6.45) is 4.67. The molecule has 0 bridgehead atoms. The molecule has 0 aromatic heterocycles. The van der Waals surface area contributed by atoms with Crippen LogP contribution in [0.25, 0.3) is 0 Å². The van der Waals surface area contributed by atoms with Crippen molar-refractivity contribution in [2.45, 2.75) is 18.4 Å². The van der Waals surface area contributed by atoms with Gasteiger partial charge in [0, 0.05) is 17.4 Å². The minimum Gasteiger partial charge on any atom is -0.480 e. The standard InChI is InChI=1S/C13H10Cl3NO2/c14-7-4-8(15)12-9(10(7)16)5-2-1-3-6(5)11(17-12)13(18)19/h1-2,4-6,11,17H,3H2,(H,18,19)/t5-,6+,11-/m0/s1. The van der Waals surface area contributed by atoms with Gasteiger partial charge in [-0.3, -0.25) is 0 Å². The van der Waals surface area contributed by atoms with E-state index in [1.54, 1.807) is 0 Å². The van der Waals surface area contributed by atoms with Gasteiger partial charge in [-0.2, -0.15) is 0 Å². The van der Waals surface area contributed by atoms with Gasteiger partial charge in [-0.15, -0.1) is 0 Å². The Balaban J connectivity index is 2.21. The van der Waals surface area contributed by atoms with Gasteiger partial charge in [0.15, 0.2) is 0 Å². The first-order valence-electron chi connectivity index (χ1n) is 5.84. The number of hydrogen-bond donors (Lipinski definition) is 2. The smallest absolute Gasteiger partial charge is 0.326 e. The molecular formula is C13H10Cl3NO2. The molecule has 0 saturated heterocycles. The van der Waals surface area contributed by atoms with E-state index in [9.17, 15) is 9.90 Å². The van der Waals surface area contributed by atoms with E-state index in [0.717, 1.165) is 5.56 Å². The molecule has 1 aromatic rings. The average molecular weight is 319 g/mol. The molecule has 19 heavy (non-hydrogen) atoms. The van der Waals surface area contributed by atoms with E-state index in [4.69, 9.17) is 34.8 Å². The zero-order chi connectivity index (χ0) is 13.7. The third-order valence-electron chi connectivity index (χ3n) is 3.75. The van der Waals surface area contributed by atoms with E-state index in [2.05, 4.69) is 5.32 Å². The van der Waals surface area contributed by atoms with Crippen molar-refractivity contribution in [2.24, 2.45) is 5.92 Å². The second-order valence-electron chi connectivity index (χ2n) is 4.76. The number of carboxylic acid groups (broad SMARTS) is 1. The van der Waals surface area contributed by atoms with Crippen molar-refractivity contribution < 1.29 is 9.90 Å². The average Bonchev–Trinajstić information content (AvgIpc) is 2.82. The van der Waals surface area contributed by atoms with Crippen LogP contribution >= 0.6 is 34.8 Å². The Morgan fingerprint density at radius 3 is 2.74 bits per heavy atom. The highest BCUT2D eigenvalue weighted by Crippen LogP contribution is 2.51. The van der Waals surface area contributed by atoms with Crippen molar-refractivity contribution in [2.75, 3.05) is 5.32 Å². The summed E-state index contributed by atoms with van der Waals surface area (Å²) in [4.78, 5) is 11.4. The van der Waals surface area contributed by atoms with Crippen LogP contribution in [-0.2, 0) is 4.79 Å². The normalized spacial score (nSPS) is 27.6. The Morgan fingerprint density at radius 2 is 2.05 bits per heavy atom. The van der Waals surface area contributed by atoms with E-state index in [0.29, 0.717) is 27.2 Å². The number of benzene rings is 1. The van der Waals surface area contributed by atoms with Crippen molar-refractivity contribution in [3.05, 3.63) is 38.8 Å². The maximum absolute atomic E-state index is 11.4. The molecule has 2 N–H and O–H groups in total. The fourth-order valence-corrected chi connectivity index (χ4v) is 3.71. The third kappa shape index (κ3) is 1.92. The van der Waals surface area contributed by atoms with Crippen LogP contribution in [0.15, 0.2) is 18.2 Å². The highest BCUT2D eigenvalue weighted by Gasteiger charge is 2.42. The van der Waals surface area contributed by atoms with Crippen LogP contribution in [0.4, 0.5) is 5.69 Å². The molecule has 2 aliphatic rings. The van der Waals surface area contributed by atoms with Gasteiger partial charge in [0.2, 0.25) is 0 Å². The van der Waals surface area contributed by atoms with E-state index >= 15 is 0 Å². The summed E-state index contributed by atoms with van der Waals surface area (Å²) in [6.45, 7) is 0. The van der Waals surface area contributed by atoms with Gasteiger partial charge in [0.25, 0.3) is 0 Å². The quantitative estimate of drug-likeness (QED) is 0.603. The van der Waals surface area contributed by atoms with Crippen molar-refractivity contribution in [3.8, 4) is 0 Å². The van der Waals surface area contributed by atoms with Gasteiger partial charge in [-0.1, -0.05) is 47.0 Å². The van der Waals surface area contributed by atoms with Gasteiger partial charge in [0.1, 0.15) is 6.04 Å². The summed E-state index contributed by atoms with van der Waals surface area (Å²) < 4.78 is 0. The Bertz CT molecular complexity index is 600. The molecule has 0 saturated carbocycles. The monoisotopic (exact) mass is 317 g/mol. The summed E-state index contributed by atoms with van der Waals surface area (Å²) in [5.74, 6) is -0.996. The zero-order valence-electron chi connectivity index (χ0n) is 9.66. The first-order valence-corrected chi connectivity index (χ1v) is 6.97. The lowest BCUT2D eigenvalue weighted by Gasteiger charge is -2.36. The van der Waals surface area contributed by atoms with Crippen LogP contribution in [0.5, 0.6) is 0 Å². The number of nitrogens with one attached hydrogen (secondary N) is 1. The lowest BCUT2D eigenvalue weighted by molar-refractivity contribution is -0.139. The molecule has 100 valence electrons. The molecule has 0 amide bonds. The Kier molecular flexibility index (Phi) is 3.16. The van der Waals surface area contributed by atoms with Gasteiger partial charge in [-0.05, 0) is 12.5 Å². The number of rotatable bonds is 1. The van der Waals surface area contributed by atoms with E-state index < -0.39 is 12.0 Å². The van der Waals surface area contributed by atoms with Crippen LogP contribution in [0.1, 0.15) is 17.9 Å². The van der Waals surface area contributed by atoms with Crippen LogP contribution in [0, 0.1) is 5.92 Å². The van der Waals surface area contributed by atoms with Gasteiger partial charge >= 0.3 is 5.97 Å². The van der Waals surface area contributed by atoms with Crippen molar-refractivity contribution >= 4 is 46.5 Å². The fourth-order valence-electron chi connectivity index (χ4n) is 2.91. The zero-order valence-corrected chi connectivity index (χ0v) is 11.9. The molecule has 0 radical (unpaired) electrons. The first kappa shape index (κ1) is 13.1. The lowest BCUT2D eigenvalue weighted by atomic mass is 9.79. The van der Waals surface area contributed by atoms with Crippen molar-refractivity contribution in [3.63, 3.8) is 0 Å². The molecule has 3 atom stereocenters. The highest BCUT2D eigenvalue weighted by molar-refractivity contribution is 6.44. The Labute approximate surface area is 125 Å². The number of carboxylic acids is 1. The number of anilines is 1. The predicted octanol–water partition coefficient (Wildman–Crippen LogP) is 4.19. The van der Waals surface area contributed by atoms with Crippen LogP contribution in [-0.4, -0.2) is 17.1 Å². The summed E-state index contributed by atoms with van der Waals surface area (Å²) in [5, 5.41) is 13.6. The number of hydrogen-bond acceptors (Lipinski definition) is 2. The highest BCUT2D eigenvalue weighted by atomic mass is 35.5. The number of carbonyl (C=O) groups is 1. The molecule has 1 heterocycles. The van der Waals surface area contributed by atoms with Crippen LogP contribution in [0.3, 0.4) is 0 Å². The van der Waals surface area contributed by atoms with Crippen molar-refractivity contribution in [1.29, 1.82) is 0 Å². The van der Waals surface area contributed by atoms with Gasteiger partial charge in [0.05, 0.1) is 20.8 Å². The Morgan fingerprint density at radius 1 is 1.32 bits per heavy atom. The number of aliphatic carboxylic acids is 1. The summed E-state index contributed by atoms with van der Waals surface area (Å²) in [7, 11) is 0. The topological polar surface area (TPSA) is 49.3 Å². The lowest BCUT2D eigenvalue weighted by Crippen LogP contribution is -2.42. The maximum atomic E-state index is 11.4. The first-order chi connectivity index (χ1) is 9.00. The molecule has 6 heteroatoms. The number of fused-ring (bicyclic) bond motifs is 3. The number of allylic oxidation sites excluding steroid dienone is 2. The molecular weight excluding hydrogens is 309 g/mol. The van der Waals surface area contributed by atoms with Crippen LogP contribution < -0.4 is 5.32 Å². The summed E-state index contributed by atoms with van der Waals surface area (Å²) in [6, 6.07) is 0.872. The molecule has 3 rings (SSSR count). The largest absolute Gasteiger partial charge is 0.480 e. The van der Waals surface area contributed by atoms with Gasteiger partial charge in [-0.25, -0.2) is 4.79 Å². The minimum absolute atomic E-state index is 0.0546. The van der Waals surface area contributed by atoms with E-state index in [1.165, 1.54) is 6.07 Å². The molecule has 3 nitrogen and oxygen atoms in total. The molecule has 1 aliphatic carbocycles. The van der Waals surface area contributed by atoms with E-state index in [-0.39, 0.29) is 11.8 Å².